The van der Waals surface area contributed by atoms with E-state index < -0.39 is 12.0 Å². The highest BCUT2D eigenvalue weighted by Gasteiger charge is 2.19. The number of unbranched alkanes of at least 4 members (excludes halogenated alkanes) is 1. The van der Waals surface area contributed by atoms with Crippen molar-refractivity contribution in [2.45, 2.75) is 58.4 Å². The molecule has 6 nitrogen and oxygen atoms in total. The molecular formula is C26H32ClNO5. The van der Waals surface area contributed by atoms with Gasteiger partial charge in [-0.1, -0.05) is 61.3 Å². The lowest BCUT2D eigenvalue weighted by Crippen LogP contribution is -2.38. The van der Waals surface area contributed by atoms with Gasteiger partial charge in [0, 0.05) is 17.5 Å². The van der Waals surface area contributed by atoms with Gasteiger partial charge in [0.1, 0.15) is 0 Å². The highest BCUT2D eigenvalue weighted by atomic mass is 35.5. The monoisotopic (exact) mass is 473 g/mol. The average molecular weight is 474 g/mol. The molecule has 0 aliphatic heterocycles. The van der Waals surface area contributed by atoms with Crippen LogP contribution in [0.15, 0.2) is 48.5 Å². The first-order chi connectivity index (χ1) is 15.9. The fraction of sp³-hybridized carbons (Fsp3) is 0.423. The fourth-order valence-corrected chi connectivity index (χ4v) is 3.49. The first kappa shape index (κ1) is 26.4. The van der Waals surface area contributed by atoms with Gasteiger partial charge in [0.25, 0.3) is 0 Å². The molecule has 2 aromatic rings. The van der Waals surface area contributed by atoms with Gasteiger partial charge in [-0.15, -0.1) is 0 Å². The summed E-state index contributed by atoms with van der Waals surface area (Å²) >= 11 is 6.08. The van der Waals surface area contributed by atoms with Gasteiger partial charge in [-0.25, -0.2) is 0 Å². The van der Waals surface area contributed by atoms with Crippen molar-refractivity contribution in [3.8, 4) is 11.1 Å². The van der Waals surface area contributed by atoms with E-state index in [-0.39, 0.29) is 37.7 Å². The van der Waals surface area contributed by atoms with E-state index in [1.165, 1.54) is 0 Å². The van der Waals surface area contributed by atoms with Gasteiger partial charge >= 0.3 is 11.9 Å². The normalized spacial score (nSPS) is 11.5. The maximum atomic E-state index is 12.4. The first-order valence-electron chi connectivity index (χ1n) is 11.4. The number of carbonyl (C=O) groups is 3. The third kappa shape index (κ3) is 10.1. The van der Waals surface area contributed by atoms with Gasteiger partial charge in [0.15, 0.2) is 0 Å². The van der Waals surface area contributed by atoms with Crippen molar-refractivity contribution in [3.05, 3.63) is 59.1 Å². The number of rotatable bonds is 13. The Hall–Kier alpha value is -2.86. The molecule has 0 fully saturated rings. The number of nitrogens with one attached hydrogen (secondary N) is 1. The van der Waals surface area contributed by atoms with Crippen molar-refractivity contribution in [3.63, 3.8) is 0 Å². The Kier molecular flexibility index (Phi) is 11.5. The molecule has 0 radical (unpaired) electrons. The number of hydrogen-bond acceptors (Lipinski definition) is 5. The molecule has 1 amide bonds. The molecule has 0 bridgehead atoms. The molecule has 33 heavy (non-hydrogen) atoms. The lowest BCUT2D eigenvalue weighted by Gasteiger charge is -2.18. The molecule has 0 aromatic heterocycles. The second kappa shape index (κ2) is 14.3. The Labute approximate surface area is 200 Å². The van der Waals surface area contributed by atoms with Gasteiger partial charge in [-0.2, -0.15) is 0 Å². The van der Waals surface area contributed by atoms with Crippen molar-refractivity contribution in [1.29, 1.82) is 0 Å². The minimum atomic E-state index is -0.440. The van der Waals surface area contributed by atoms with Crippen LogP contribution < -0.4 is 5.32 Å². The van der Waals surface area contributed by atoms with E-state index in [1.807, 2.05) is 55.5 Å². The quantitative estimate of drug-likeness (QED) is 0.323. The topological polar surface area (TPSA) is 81.7 Å². The average Bonchev–Trinajstić information content (AvgIpc) is 2.78. The maximum absolute atomic E-state index is 12.4. The van der Waals surface area contributed by atoms with Crippen molar-refractivity contribution >= 4 is 29.4 Å². The number of ether oxygens (including phenoxy) is 2. The molecule has 2 rings (SSSR count). The molecule has 1 unspecified atom stereocenters. The van der Waals surface area contributed by atoms with Crippen molar-refractivity contribution in [1.82, 2.24) is 5.32 Å². The summed E-state index contributed by atoms with van der Waals surface area (Å²) in [6.07, 6.45) is 2.27. The van der Waals surface area contributed by atoms with E-state index in [1.54, 1.807) is 6.92 Å². The Bertz CT molecular complexity index is 913. The van der Waals surface area contributed by atoms with Crippen LogP contribution in [0.3, 0.4) is 0 Å². The summed E-state index contributed by atoms with van der Waals surface area (Å²) in [6.45, 7) is 4.39. The number of amides is 1. The minimum absolute atomic E-state index is 0.00993. The zero-order valence-corrected chi connectivity index (χ0v) is 20.0. The fourth-order valence-electron chi connectivity index (χ4n) is 3.30. The molecular weight excluding hydrogens is 442 g/mol. The van der Waals surface area contributed by atoms with Crippen LogP contribution in [0, 0.1) is 0 Å². The summed E-state index contributed by atoms with van der Waals surface area (Å²) in [7, 11) is 0. The van der Waals surface area contributed by atoms with Crippen molar-refractivity contribution in [2.24, 2.45) is 0 Å². The number of halogens is 1. The van der Waals surface area contributed by atoms with Gasteiger partial charge in [-0.05, 0) is 48.6 Å². The third-order valence-corrected chi connectivity index (χ3v) is 5.23. The minimum Gasteiger partial charge on any atom is -0.466 e. The molecule has 2 aromatic carbocycles. The van der Waals surface area contributed by atoms with E-state index in [2.05, 4.69) is 5.32 Å². The van der Waals surface area contributed by atoms with E-state index in [0.717, 1.165) is 29.5 Å². The zero-order chi connectivity index (χ0) is 24.1. The van der Waals surface area contributed by atoms with E-state index >= 15 is 0 Å². The van der Waals surface area contributed by atoms with E-state index in [0.29, 0.717) is 18.1 Å². The van der Waals surface area contributed by atoms with Crippen LogP contribution >= 0.6 is 11.6 Å². The number of carbonyl (C=O) groups excluding carboxylic acids is 3. The third-order valence-electron chi connectivity index (χ3n) is 4.99. The Morgan fingerprint density at radius 3 is 2.36 bits per heavy atom. The van der Waals surface area contributed by atoms with Crippen LogP contribution in [-0.2, 0) is 30.3 Å². The van der Waals surface area contributed by atoms with Crippen LogP contribution in [0.1, 0.15) is 51.5 Å². The van der Waals surface area contributed by atoms with Crippen molar-refractivity contribution < 1.29 is 23.9 Å². The van der Waals surface area contributed by atoms with Crippen LogP contribution in [-0.4, -0.2) is 37.1 Å². The molecule has 1 N–H and O–H groups in total. The van der Waals surface area contributed by atoms with Gasteiger partial charge < -0.3 is 14.8 Å². The molecule has 0 saturated heterocycles. The predicted molar refractivity (Wildman–Crippen MR) is 129 cm³/mol. The summed E-state index contributed by atoms with van der Waals surface area (Å²) < 4.78 is 10.1. The summed E-state index contributed by atoms with van der Waals surface area (Å²) in [5, 5.41) is 3.54. The van der Waals surface area contributed by atoms with Crippen LogP contribution in [0.2, 0.25) is 5.02 Å². The summed E-state index contributed by atoms with van der Waals surface area (Å²) in [5.74, 6) is -1.07. The van der Waals surface area contributed by atoms with Gasteiger partial charge in [0.2, 0.25) is 5.91 Å². The van der Waals surface area contributed by atoms with Gasteiger partial charge in [-0.3, -0.25) is 14.4 Å². The Balaban J connectivity index is 1.97. The molecule has 178 valence electrons. The second-order valence-corrected chi connectivity index (χ2v) is 8.20. The van der Waals surface area contributed by atoms with Crippen LogP contribution in [0.4, 0.5) is 0 Å². The SMILES string of the molecule is CCCCOC(=O)CCC(=O)NC(CC(=O)OCC)Cc1ccc(-c2cccc(Cl)c2)cc1. The molecule has 1 atom stereocenters. The van der Waals surface area contributed by atoms with Crippen molar-refractivity contribution in [2.75, 3.05) is 13.2 Å². The first-order valence-corrected chi connectivity index (χ1v) is 11.7. The molecule has 0 spiro atoms. The largest absolute Gasteiger partial charge is 0.466 e. The molecule has 0 heterocycles. The predicted octanol–water partition coefficient (Wildman–Crippen LogP) is 5.11. The van der Waals surface area contributed by atoms with E-state index in [4.69, 9.17) is 21.1 Å². The summed E-state index contributed by atoms with van der Waals surface area (Å²) in [5.41, 5.74) is 3.00. The molecule has 7 heteroatoms. The number of benzene rings is 2. The zero-order valence-electron chi connectivity index (χ0n) is 19.3. The highest BCUT2D eigenvalue weighted by molar-refractivity contribution is 6.30. The standard InChI is InChI=1S/C26H32ClNO5/c1-3-5-15-33-25(30)14-13-24(29)28-23(18-26(31)32-4-2)16-19-9-11-20(12-10-19)21-7-6-8-22(27)17-21/h6-12,17,23H,3-5,13-16,18H2,1-2H3,(H,28,29). The lowest BCUT2D eigenvalue weighted by atomic mass is 9.99. The lowest BCUT2D eigenvalue weighted by molar-refractivity contribution is -0.146. The second-order valence-electron chi connectivity index (χ2n) is 7.76. The van der Waals surface area contributed by atoms with Crippen LogP contribution in [0.25, 0.3) is 11.1 Å². The Morgan fingerprint density at radius 2 is 1.70 bits per heavy atom. The highest BCUT2D eigenvalue weighted by Crippen LogP contribution is 2.23. The van der Waals surface area contributed by atoms with E-state index in [9.17, 15) is 14.4 Å². The van der Waals surface area contributed by atoms with Gasteiger partial charge in [0.05, 0.1) is 26.1 Å². The molecule has 0 saturated carbocycles. The maximum Gasteiger partial charge on any atom is 0.307 e. The molecule has 0 aliphatic rings. The summed E-state index contributed by atoms with van der Waals surface area (Å²) in [6, 6.07) is 15.1. The molecule has 0 aliphatic carbocycles. The summed E-state index contributed by atoms with van der Waals surface area (Å²) in [4.78, 5) is 36.2. The smallest absolute Gasteiger partial charge is 0.307 e. The van der Waals surface area contributed by atoms with Crippen LogP contribution in [0.5, 0.6) is 0 Å². The Morgan fingerprint density at radius 1 is 0.939 bits per heavy atom. The number of esters is 2. The number of hydrogen-bond donors (Lipinski definition) is 1.